The number of hydrogen-bond acceptors (Lipinski definition) is 7. The van der Waals surface area contributed by atoms with Crippen molar-refractivity contribution in [2.75, 3.05) is 54.0 Å². The van der Waals surface area contributed by atoms with E-state index in [1.165, 1.54) is 161 Å². The molecule has 0 atom stereocenters. The summed E-state index contributed by atoms with van der Waals surface area (Å²) in [5.41, 5.74) is 0. The molecule has 0 saturated carbocycles. The van der Waals surface area contributed by atoms with Gasteiger partial charge in [-0.2, -0.15) is 0 Å². The van der Waals surface area contributed by atoms with Gasteiger partial charge >= 0.3 is 5.97 Å². The Morgan fingerprint density at radius 3 is 1.19 bits per heavy atom. The molecule has 0 aliphatic carbocycles. The zero-order valence-electron chi connectivity index (χ0n) is 36.2. The third-order valence-electron chi connectivity index (χ3n) is 9.09. The smallest absolute Gasteiger partial charge is 0.305 e. The number of rotatable bonds is 38. The van der Waals surface area contributed by atoms with E-state index in [-0.39, 0.29) is 5.97 Å². The minimum atomic E-state index is -0.111. The van der Waals surface area contributed by atoms with Crippen LogP contribution in [0.1, 0.15) is 201 Å². The van der Waals surface area contributed by atoms with Gasteiger partial charge in [0, 0.05) is 19.5 Å². The second kappa shape index (κ2) is 52.1. The van der Waals surface area contributed by atoms with E-state index in [1.807, 2.05) is 30.9 Å². The van der Waals surface area contributed by atoms with Crippen molar-refractivity contribution in [3.63, 3.8) is 0 Å². The molecule has 0 heterocycles. The number of carbonyl (C=O) groups is 3. The number of hydrogen-bond donors (Lipinski definition) is 0. The predicted molar refractivity (Wildman–Crippen MR) is 230 cm³/mol. The lowest BCUT2D eigenvalue weighted by Gasteiger charge is -2.15. The fraction of sp³-hybridized carbons (Fsp3) is 0.848. The first-order valence-corrected chi connectivity index (χ1v) is 22.2. The third kappa shape index (κ3) is 59.5. The van der Waals surface area contributed by atoms with E-state index >= 15 is 0 Å². The molecule has 0 fully saturated rings. The minimum absolute atomic E-state index is 0.111. The highest BCUT2D eigenvalue weighted by atomic mass is 16.5. The van der Waals surface area contributed by atoms with E-state index in [9.17, 15) is 14.4 Å². The number of esters is 1. The number of unbranched alkanes of at least 4 members (excludes halogenated alkanes) is 23. The number of likely N-dealkylation sites (N-methyl/N-ethyl adjacent to an activating group) is 2. The molecule has 53 heavy (non-hydrogen) atoms. The van der Waals surface area contributed by atoms with Gasteiger partial charge in [-0.15, -0.1) is 0 Å². The Hall–Kier alpha value is -1.99. The first-order valence-electron chi connectivity index (χ1n) is 22.2. The Kier molecular flexibility index (Phi) is 54.4. The molecule has 0 aromatic heterocycles. The van der Waals surface area contributed by atoms with E-state index in [0.29, 0.717) is 45.7 Å². The molecule has 0 aromatic rings. The van der Waals surface area contributed by atoms with Gasteiger partial charge in [0.25, 0.3) is 6.47 Å². The summed E-state index contributed by atoms with van der Waals surface area (Å²) in [4.78, 5) is 35.1. The van der Waals surface area contributed by atoms with Gasteiger partial charge < -0.3 is 19.2 Å². The maximum Gasteiger partial charge on any atom is 0.305 e. The fourth-order valence-corrected chi connectivity index (χ4v) is 5.57. The van der Waals surface area contributed by atoms with Crippen molar-refractivity contribution < 1.29 is 23.9 Å². The quantitative estimate of drug-likeness (QED) is 0.0269. The van der Waals surface area contributed by atoms with Crippen LogP contribution in [0, 0.1) is 0 Å². The van der Waals surface area contributed by atoms with Crippen LogP contribution in [-0.4, -0.2) is 82.5 Å². The van der Waals surface area contributed by atoms with Crippen LogP contribution in [-0.2, 0) is 23.9 Å². The Labute approximate surface area is 330 Å². The molecule has 7 heteroatoms. The van der Waals surface area contributed by atoms with E-state index in [4.69, 9.17) is 4.74 Å². The second-order valence-corrected chi connectivity index (χ2v) is 14.8. The molecule has 7 nitrogen and oxygen atoms in total. The zero-order chi connectivity index (χ0) is 39.7. The maximum atomic E-state index is 11.7. The molecule has 0 amide bonds. The molecule has 0 rings (SSSR count). The molecule has 0 aromatic carbocycles. The molecule has 0 bridgehead atoms. The molecule has 0 radical (unpaired) electrons. The van der Waals surface area contributed by atoms with Gasteiger partial charge in [0.05, 0.1) is 6.54 Å². The topological polar surface area (TPSA) is 76.2 Å². The number of carbonyl (C=O) groups excluding carboxylic acids is 3. The van der Waals surface area contributed by atoms with Gasteiger partial charge in [-0.1, -0.05) is 161 Å². The normalized spacial score (nSPS) is 11.1. The summed E-state index contributed by atoms with van der Waals surface area (Å²) in [6, 6.07) is 0. The summed E-state index contributed by atoms with van der Waals surface area (Å²) >= 11 is 0. The fourth-order valence-electron chi connectivity index (χ4n) is 5.57. The van der Waals surface area contributed by atoms with Gasteiger partial charge in [-0.25, -0.2) is 0 Å². The average molecular weight is 751 g/mol. The van der Waals surface area contributed by atoms with Crippen LogP contribution in [0.2, 0.25) is 0 Å². The Morgan fingerprint density at radius 1 is 0.491 bits per heavy atom. The van der Waals surface area contributed by atoms with Crippen LogP contribution in [0.3, 0.4) is 0 Å². The molecule has 0 aliphatic heterocycles. The number of ether oxygens (including phenoxy) is 2. The lowest BCUT2D eigenvalue weighted by atomic mass is 10.1. The summed E-state index contributed by atoms with van der Waals surface area (Å²) in [6.45, 7) is 9.85. The van der Waals surface area contributed by atoms with Crippen molar-refractivity contribution in [1.29, 1.82) is 0 Å². The zero-order valence-corrected chi connectivity index (χ0v) is 36.2. The summed E-state index contributed by atoms with van der Waals surface area (Å²) < 4.78 is 9.87. The molecule has 0 spiro atoms. The maximum absolute atomic E-state index is 11.7. The van der Waals surface area contributed by atoms with Crippen LogP contribution in [0.25, 0.3) is 0 Å². The van der Waals surface area contributed by atoms with Crippen LogP contribution in [0.4, 0.5) is 0 Å². The van der Waals surface area contributed by atoms with Crippen molar-refractivity contribution in [2.45, 2.75) is 201 Å². The summed E-state index contributed by atoms with van der Waals surface area (Å²) in [6.07, 6.45) is 46.8. The highest BCUT2D eigenvalue weighted by Gasteiger charge is 2.04. The SMILES string of the molecule is CCCCCCCC/C=C\CCCCCCCC.CCCCCCCC/C=C\CCCCCCCC(=O)OCCN(C)CCOC=O.CN(C)CC=O. The van der Waals surface area contributed by atoms with Gasteiger partial charge in [-0.05, 0) is 78.9 Å². The van der Waals surface area contributed by atoms with E-state index < -0.39 is 0 Å². The molecule has 314 valence electrons. The number of allylic oxidation sites excluding steroid dienone is 4. The van der Waals surface area contributed by atoms with Crippen LogP contribution >= 0.6 is 0 Å². The first kappa shape index (κ1) is 55.3. The van der Waals surface area contributed by atoms with Crippen molar-refractivity contribution in [3.05, 3.63) is 24.3 Å². The van der Waals surface area contributed by atoms with Gasteiger partial charge in [0.1, 0.15) is 19.5 Å². The van der Waals surface area contributed by atoms with Crippen molar-refractivity contribution >= 4 is 18.7 Å². The van der Waals surface area contributed by atoms with Gasteiger partial charge in [-0.3, -0.25) is 14.5 Å². The van der Waals surface area contributed by atoms with Gasteiger partial charge in [0.2, 0.25) is 0 Å². The summed E-state index contributed by atoms with van der Waals surface area (Å²) in [5, 5.41) is 0. The first-order chi connectivity index (χ1) is 25.9. The highest BCUT2D eigenvalue weighted by molar-refractivity contribution is 5.69. The molecular formula is C46H90N2O5. The van der Waals surface area contributed by atoms with Crippen LogP contribution < -0.4 is 0 Å². The molecule has 0 aliphatic rings. The predicted octanol–water partition coefficient (Wildman–Crippen LogP) is 12.5. The lowest BCUT2D eigenvalue weighted by molar-refractivity contribution is -0.144. The molecular weight excluding hydrogens is 661 g/mol. The lowest BCUT2D eigenvalue weighted by Crippen LogP contribution is -2.27. The highest BCUT2D eigenvalue weighted by Crippen LogP contribution is 2.11. The average Bonchev–Trinajstić information content (AvgIpc) is 3.14. The van der Waals surface area contributed by atoms with Crippen molar-refractivity contribution in [3.8, 4) is 0 Å². The van der Waals surface area contributed by atoms with E-state index in [2.05, 4.69) is 49.8 Å². The van der Waals surface area contributed by atoms with Crippen molar-refractivity contribution in [1.82, 2.24) is 9.80 Å². The minimum Gasteiger partial charge on any atom is -0.467 e. The monoisotopic (exact) mass is 751 g/mol. The number of nitrogens with zero attached hydrogens (tertiary/aromatic N) is 2. The van der Waals surface area contributed by atoms with Crippen molar-refractivity contribution in [2.24, 2.45) is 0 Å². The molecule has 0 saturated heterocycles. The van der Waals surface area contributed by atoms with Crippen LogP contribution in [0.5, 0.6) is 0 Å². The Bertz CT molecular complexity index is 753. The summed E-state index contributed by atoms with van der Waals surface area (Å²) in [7, 11) is 5.62. The van der Waals surface area contributed by atoms with E-state index in [0.717, 1.165) is 19.1 Å². The number of aldehydes is 1. The second-order valence-electron chi connectivity index (χ2n) is 14.8. The van der Waals surface area contributed by atoms with Gasteiger partial charge in [0.15, 0.2) is 0 Å². The van der Waals surface area contributed by atoms with Crippen LogP contribution in [0.15, 0.2) is 24.3 Å². The third-order valence-corrected chi connectivity index (χ3v) is 9.09. The Morgan fingerprint density at radius 2 is 0.849 bits per heavy atom. The molecule has 0 N–H and O–H groups in total. The molecule has 0 unspecified atom stereocenters. The summed E-state index contributed by atoms with van der Waals surface area (Å²) in [5.74, 6) is -0.111. The standard InChI is InChI=1S/C24H45NO4.C18H36.C4H9NO/c1-3-4-5-6-7-8-9-10-11-12-13-14-15-16-17-18-24(27)29-22-20-25(2)19-21-28-23-26;1-3-5-7-9-11-13-15-17-18-16-14-12-10-8-6-4-2;1-5(2)3-4-6/h10-11,23H,3-9,12-22H2,1-2H3;17-18H,3-16H2,1-2H3;4H,3H2,1-2H3/b11-10-;18-17-;. The van der Waals surface area contributed by atoms with E-state index in [1.54, 1.807) is 0 Å². The largest absolute Gasteiger partial charge is 0.467 e. The Balaban J connectivity index is -0.000000879.